The summed E-state index contributed by atoms with van der Waals surface area (Å²) in [5.41, 5.74) is -0.168. The predicted octanol–water partition coefficient (Wildman–Crippen LogP) is 3.17. The van der Waals surface area contributed by atoms with Crippen molar-refractivity contribution in [1.82, 2.24) is 4.90 Å². The smallest absolute Gasteiger partial charge is 0.141 e. The summed E-state index contributed by atoms with van der Waals surface area (Å²) in [4.78, 5) is 2.25. The average molecular weight is 272 g/mol. The van der Waals surface area contributed by atoms with Crippen LogP contribution in [0.3, 0.4) is 0 Å². The first-order valence-corrected chi connectivity index (χ1v) is 6.83. The zero-order chi connectivity index (χ0) is 13.2. The lowest BCUT2D eigenvalue weighted by molar-refractivity contribution is 0.0459. The molecule has 1 atom stereocenters. The van der Waals surface area contributed by atoms with Gasteiger partial charge in [0.25, 0.3) is 0 Å². The number of halogens is 2. The van der Waals surface area contributed by atoms with Gasteiger partial charge < -0.3 is 10.0 Å². The second-order valence-electron chi connectivity index (χ2n) is 5.04. The maximum Gasteiger partial charge on any atom is 0.141 e. The Hall–Kier alpha value is -0.640. The van der Waals surface area contributed by atoms with Crippen LogP contribution in [0.15, 0.2) is 18.2 Å². The highest BCUT2D eigenvalue weighted by Gasteiger charge is 2.37. The first-order chi connectivity index (χ1) is 8.55. The van der Waals surface area contributed by atoms with E-state index in [0.717, 1.165) is 25.9 Å². The Bertz CT molecular complexity index is 426. The SMILES string of the molecule is CCCCN1CCC(O)(c2ccc(F)c(Cl)c2)C1. The number of likely N-dealkylation sites (tertiary alicyclic amines) is 1. The second-order valence-corrected chi connectivity index (χ2v) is 5.45. The number of aliphatic hydroxyl groups is 1. The summed E-state index contributed by atoms with van der Waals surface area (Å²) in [6.07, 6.45) is 2.97. The summed E-state index contributed by atoms with van der Waals surface area (Å²) < 4.78 is 13.1. The molecule has 1 aromatic carbocycles. The van der Waals surface area contributed by atoms with Gasteiger partial charge in [-0.15, -0.1) is 0 Å². The van der Waals surface area contributed by atoms with E-state index in [9.17, 15) is 9.50 Å². The molecule has 0 aliphatic carbocycles. The molecular weight excluding hydrogens is 253 g/mol. The Morgan fingerprint density at radius 2 is 2.28 bits per heavy atom. The van der Waals surface area contributed by atoms with Crippen LogP contribution < -0.4 is 0 Å². The molecule has 0 aromatic heterocycles. The molecule has 1 N–H and O–H groups in total. The van der Waals surface area contributed by atoms with Gasteiger partial charge in [-0.05, 0) is 37.1 Å². The van der Waals surface area contributed by atoms with Crippen molar-refractivity contribution >= 4 is 11.6 Å². The summed E-state index contributed by atoms with van der Waals surface area (Å²) in [7, 11) is 0. The molecule has 1 fully saturated rings. The van der Waals surface area contributed by atoms with Crippen LogP contribution in [0.2, 0.25) is 5.02 Å². The number of hydrogen-bond donors (Lipinski definition) is 1. The van der Waals surface area contributed by atoms with Crippen LogP contribution in [0.1, 0.15) is 31.7 Å². The van der Waals surface area contributed by atoms with E-state index in [1.54, 1.807) is 12.1 Å². The molecule has 2 nitrogen and oxygen atoms in total. The summed E-state index contributed by atoms with van der Waals surface area (Å²) in [6.45, 7) is 4.65. The first kappa shape index (κ1) is 13.8. The van der Waals surface area contributed by atoms with Crippen molar-refractivity contribution in [3.8, 4) is 0 Å². The van der Waals surface area contributed by atoms with E-state index < -0.39 is 11.4 Å². The lowest BCUT2D eigenvalue weighted by Gasteiger charge is -2.24. The normalized spacial score (nSPS) is 24.7. The topological polar surface area (TPSA) is 23.5 Å². The number of β-amino-alcohol motifs (C(OH)–C–C–N with tert-alkyl or cyclic N) is 1. The molecule has 0 amide bonds. The minimum Gasteiger partial charge on any atom is -0.384 e. The van der Waals surface area contributed by atoms with E-state index in [4.69, 9.17) is 11.6 Å². The van der Waals surface area contributed by atoms with E-state index >= 15 is 0 Å². The van der Waals surface area contributed by atoms with E-state index in [1.807, 2.05) is 0 Å². The van der Waals surface area contributed by atoms with Gasteiger partial charge in [0.1, 0.15) is 11.4 Å². The molecule has 1 aromatic rings. The monoisotopic (exact) mass is 271 g/mol. The lowest BCUT2D eigenvalue weighted by atomic mass is 9.93. The van der Waals surface area contributed by atoms with E-state index in [-0.39, 0.29) is 5.02 Å². The van der Waals surface area contributed by atoms with Crippen molar-refractivity contribution in [3.05, 3.63) is 34.6 Å². The van der Waals surface area contributed by atoms with Gasteiger partial charge in [-0.2, -0.15) is 0 Å². The Morgan fingerprint density at radius 3 is 2.94 bits per heavy atom. The number of unbranched alkanes of at least 4 members (excludes halogenated alkanes) is 1. The van der Waals surface area contributed by atoms with E-state index in [1.165, 1.54) is 6.07 Å². The molecule has 1 aliphatic heterocycles. The summed E-state index contributed by atoms with van der Waals surface area (Å²) in [6, 6.07) is 4.50. The molecule has 100 valence electrons. The molecule has 0 spiro atoms. The third-order valence-corrected chi connectivity index (χ3v) is 3.90. The van der Waals surface area contributed by atoms with Gasteiger partial charge in [-0.3, -0.25) is 0 Å². The molecule has 0 bridgehead atoms. The average Bonchev–Trinajstić information content (AvgIpc) is 2.73. The highest BCUT2D eigenvalue weighted by Crippen LogP contribution is 2.33. The molecule has 0 saturated carbocycles. The maximum absolute atomic E-state index is 13.1. The van der Waals surface area contributed by atoms with Crippen molar-refractivity contribution < 1.29 is 9.50 Å². The van der Waals surface area contributed by atoms with Gasteiger partial charge in [-0.25, -0.2) is 4.39 Å². The summed E-state index contributed by atoms with van der Waals surface area (Å²) in [5, 5.41) is 10.7. The van der Waals surface area contributed by atoms with Crippen LogP contribution in [-0.2, 0) is 5.60 Å². The van der Waals surface area contributed by atoms with Crippen LogP contribution in [0.25, 0.3) is 0 Å². The van der Waals surface area contributed by atoms with Crippen LogP contribution in [-0.4, -0.2) is 29.6 Å². The molecule has 1 heterocycles. The molecule has 18 heavy (non-hydrogen) atoms. The standard InChI is InChI=1S/C14H19ClFNO/c1-2-3-7-17-8-6-14(18,10-17)11-4-5-13(16)12(15)9-11/h4-5,9,18H,2-3,6-8,10H2,1H3. The summed E-state index contributed by atoms with van der Waals surface area (Å²) in [5.74, 6) is -0.440. The van der Waals surface area contributed by atoms with Crippen LogP contribution in [0, 0.1) is 5.82 Å². The third-order valence-electron chi connectivity index (χ3n) is 3.61. The second kappa shape index (κ2) is 5.55. The minimum atomic E-state index is -0.884. The van der Waals surface area contributed by atoms with Gasteiger partial charge in [-0.1, -0.05) is 31.0 Å². The van der Waals surface area contributed by atoms with Gasteiger partial charge in [0, 0.05) is 13.1 Å². The van der Waals surface area contributed by atoms with E-state index in [0.29, 0.717) is 18.5 Å². The number of hydrogen-bond acceptors (Lipinski definition) is 2. The Kier molecular flexibility index (Phi) is 4.25. The van der Waals surface area contributed by atoms with Gasteiger partial charge in [0.15, 0.2) is 0 Å². The van der Waals surface area contributed by atoms with Gasteiger partial charge in [0.2, 0.25) is 0 Å². The van der Waals surface area contributed by atoms with Crippen LogP contribution in [0.5, 0.6) is 0 Å². The molecule has 2 rings (SSSR count). The fourth-order valence-corrected chi connectivity index (χ4v) is 2.65. The highest BCUT2D eigenvalue weighted by atomic mass is 35.5. The molecule has 4 heteroatoms. The predicted molar refractivity (Wildman–Crippen MR) is 71.3 cm³/mol. The van der Waals surface area contributed by atoms with E-state index in [2.05, 4.69) is 11.8 Å². The Labute approximate surface area is 112 Å². The van der Waals surface area contributed by atoms with Crippen molar-refractivity contribution in [2.45, 2.75) is 31.8 Å². The van der Waals surface area contributed by atoms with Gasteiger partial charge >= 0.3 is 0 Å². The minimum absolute atomic E-state index is 0.0768. The fourth-order valence-electron chi connectivity index (χ4n) is 2.46. The lowest BCUT2D eigenvalue weighted by Crippen LogP contribution is -2.31. The third kappa shape index (κ3) is 2.85. The molecular formula is C14H19ClFNO. The molecule has 1 aliphatic rings. The largest absolute Gasteiger partial charge is 0.384 e. The number of benzene rings is 1. The zero-order valence-corrected chi connectivity index (χ0v) is 11.4. The van der Waals surface area contributed by atoms with Crippen molar-refractivity contribution in [2.75, 3.05) is 19.6 Å². The van der Waals surface area contributed by atoms with Crippen LogP contribution >= 0.6 is 11.6 Å². The molecule has 1 unspecified atom stereocenters. The maximum atomic E-state index is 13.1. The van der Waals surface area contributed by atoms with Crippen molar-refractivity contribution in [2.24, 2.45) is 0 Å². The van der Waals surface area contributed by atoms with Crippen molar-refractivity contribution in [3.63, 3.8) is 0 Å². The van der Waals surface area contributed by atoms with Gasteiger partial charge in [0.05, 0.1) is 5.02 Å². The zero-order valence-electron chi connectivity index (χ0n) is 10.6. The first-order valence-electron chi connectivity index (χ1n) is 6.45. The number of nitrogens with zero attached hydrogens (tertiary/aromatic N) is 1. The van der Waals surface area contributed by atoms with Crippen molar-refractivity contribution in [1.29, 1.82) is 0 Å². The molecule has 0 radical (unpaired) electrons. The Balaban J connectivity index is 2.10. The Morgan fingerprint density at radius 1 is 1.50 bits per heavy atom. The quantitative estimate of drug-likeness (QED) is 0.909. The highest BCUT2D eigenvalue weighted by molar-refractivity contribution is 6.30. The van der Waals surface area contributed by atoms with Crippen LogP contribution in [0.4, 0.5) is 4.39 Å². The number of rotatable bonds is 4. The fraction of sp³-hybridized carbons (Fsp3) is 0.571. The molecule has 1 saturated heterocycles. The summed E-state index contributed by atoms with van der Waals surface area (Å²) >= 11 is 5.77.